The molecule has 3 aromatic rings. The van der Waals surface area contributed by atoms with Crippen LogP contribution in [0.15, 0.2) is 48.5 Å². The summed E-state index contributed by atoms with van der Waals surface area (Å²) in [5, 5.41) is 11.0. The van der Waals surface area contributed by atoms with Gasteiger partial charge < -0.3 is 0 Å². The van der Waals surface area contributed by atoms with E-state index < -0.39 is 0 Å². The standard InChI is InChI=1S/C13H8N2O2Se/c16-15(17)11-7-3-1-5-9(11)13-14-10-6-2-4-8-12(10)18-13/h1-8H. The molecular weight excluding hydrogens is 295 g/mol. The summed E-state index contributed by atoms with van der Waals surface area (Å²) in [4.78, 5) is 15.2. The van der Waals surface area contributed by atoms with Gasteiger partial charge in [0, 0.05) is 0 Å². The van der Waals surface area contributed by atoms with Crippen molar-refractivity contribution in [2.24, 2.45) is 0 Å². The van der Waals surface area contributed by atoms with Crippen molar-refractivity contribution in [1.82, 2.24) is 4.98 Å². The number of benzene rings is 2. The van der Waals surface area contributed by atoms with Crippen LogP contribution in [-0.2, 0) is 0 Å². The summed E-state index contributed by atoms with van der Waals surface area (Å²) in [6, 6.07) is 14.7. The van der Waals surface area contributed by atoms with Gasteiger partial charge in [0.05, 0.1) is 0 Å². The second-order valence-corrected chi connectivity index (χ2v) is 5.92. The molecule has 0 radical (unpaired) electrons. The molecule has 0 aliphatic rings. The van der Waals surface area contributed by atoms with E-state index in [4.69, 9.17) is 0 Å². The molecule has 0 amide bonds. The summed E-state index contributed by atoms with van der Waals surface area (Å²) in [7, 11) is 0. The van der Waals surface area contributed by atoms with Crippen molar-refractivity contribution in [2.45, 2.75) is 0 Å². The normalized spacial score (nSPS) is 10.7. The Morgan fingerprint density at radius 3 is 2.56 bits per heavy atom. The van der Waals surface area contributed by atoms with E-state index >= 15 is 0 Å². The van der Waals surface area contributed by atoms with E-state index in [0.29, 0.717) is 5.56 Å². The van der Waals surface area contributed by atoms with Gasteiger partial charge in [0.15, 0.2) is 0 Å². The fourth-order valence-electron chi connectivity index (χ4n) is 1.80. The summed E-state index contributed by atoms with van der Waals surface area (Å²) in [6.45, 7) is 0. The second kappa shape index (κ2) is 4.37. The molecule has 1 aromatic heterocycles. The Morgan fingerprint density at radius 1 is 1.06 bits per heavy atom. The zero-order chi connectivity index (χ0) is 12.5. The van der Waals surface area contributed by atoms with Crippen LogP contribution in [0.4, 0.5) is 5.69 Å². The summed E-state index contributed by atoms with van der Waals surface area (Å²) in [6.07, 6.45) is 0. The number of rotatable bonds is 2. The first-order valence-electron chi connectivity index (χ1n) is 5.35. The van der Waals surface area contributed by atoms with Crippen LogP contribution in [-0.4, -0.2) is 24.4 Å². The van der Waals surface area contributed by atoms with Crippen molar-refractivity contribution in [1.29, 1.82) is 0 Å². The number of hydrogen-bond acceptors (Lipinski definition) is 3. The van der Waals surface area contributed by atoms with Crippen molar-refractivity contribution in [3.8, 4) is 10.1 Å². The first-order chi connectivity index (χ1) is 8.75. The molecule has 0 N–H and O–H groups in total. The van der Waals surface area contributed by atoms with Crippen molar-refractivity contribution < 1.29 is 4.92 Å². The third-order valence-electron chi connectivity index (χ3n) is 2.63. The molecule has 0 bridgehead atoms. The van der Waals surface area contributed by atoms with E-state index in [-0.39, 0.29) is 25.1 Å². The van der Waals surface area contributed by atoms with Crippen molar-refractivity contribution in [3.63, 3.8) is 0 Å². The monoisotopic (exact) mass is 304 g/mol. The number of hydrogen-bond donors (Lipinski definition) is 0. The van der Waals surface area contributed by atoms with Gasteiger partial charge in [0.1, 0.15) is 0 Å². The van der Waals surface area contributed by atoms with Crippen LogP contribution in [0.25, 0.3) is 19.9 Å². The van der Waals surface area contributed by atoms with Gasteiger partial charge in [0.25, 0.3) is 0 Å². The van der Waals surface area contributed by atoms with Crippen LogP contribution >= 0.6 is 0 Å². The van der Waals surface area contributed by atoms with Gasteiger partial charge in [-0.05, 0) is 0 Å². The van der Waals surface area contributed by atoms with Crippen LogP contribution in [0.2, 0.25) is 0 Å². The minimum absolute atomic E-state index is 0.0444. The average molecular weight is 303 g/mol. The second-order valence-electron chi connectivity index (χ2n) is 3.76. The van der Waals surface area contributed by atoms with Gasteiger partial charge >= 0.3 is 109 Å². The molecule has 0 unspecified atom stereocenters. The SMILES string of the molecule is O=[N+]([O-])c1ccccc1-c1nc2ccccc2[se]1. The van der Waals surface area contributed by atoms with E-state index in [1.54, 1.807) is 12.1 Å². The maximum atomic E-state index is 11.0. The van der Waals surface area contributed by atoms with Gasteiger partial charge in [0.2, 0.25) is 0 Å². The van der Waals surface area contributed by atoms with Crippen LogP contribution < -0.4 is 0 Å². The van der Waals surface area contributed by atoms with Gasteiger partial charge in [-0.25, -0.2) is 0 Å². The molecule has 2 aromatic carbocycles. The minimum atomic E-state index is -0.350. The Labute approximate surface area is 109 Å². The Bertz CT molecular complexity index is 703. The van der Waals surface area contributed by atoms with Gasteiger partial charge in [-0.2, -0.15) is 0 Å². The molecule has 5 heteroatoms. The Morgan fingerprint density at radius 2 is 1.78 bits per heavy atom. The molecule has 0 saturated heterocycles. The molecule has 18 heavy (non-hydrogen) atoms. The molecule has 0 aliphatic heterocycles. The average Bonchev–Trinajstić information content (AvgIpc) is 2.82. The predicted molar refractivity (Wildman–Crippen MR) is 70.8 cm³/mol. The summed E-state index contributed by atoms with van der Waals surface area (Å²) >= 11 is 0.0444. The van der Waals surface area contributed by atoms with E-state index in [1.807, 2.05) is 30.3 Å². The fourth-order valence-corrected chi connectivity index (χ4v) is 3.90. The molecule has 88 valence electrons. The molecule has 0 aliphatic carbocycles. The molecular formula is C13H8N2O2Se. The third-order valence-corrected chi connectivity index (χ3v) is 4.87. The van der Waals surface area contributed by atoms with Gasteiger partial charge in [-0.15, -0.1) is 0 Å². The molecule has 1 heterocycles. The number of nitro groups is 1. The van der Waals surface area contributed by atoms with Crippen LogP contribution in [0.5, 0.6) is 0 Å². The molecule has 0 atom stereocenters. The van der Waals surface area contributed by atoms with Crippen molar-refractivity contribution >= 4 is 30.0 Å². The van der Waals surface area contributed by atoms with Crippen molar-refractivity contribution in [3.05, 3.63) is 58.6 Å². The first kappa shape index (κ1) is 11.1. The van der Waals surface area contributed by atoms with E-state index in [0.717, 1.165) is 10.1 Å². The van der Waals surface area contributed by atoms with Crippen LogP contribution in [0.3, 0.4) is 0 Å². The van der Waals surface area contributed by atoms with Crippen molar-refractivity contribution in [2.75, 3.05) is 0 Å². The topological polar surface area (TPSA) is 56.0 Å². The Kier molecular flexibility index (Phi) is 2.70. The third kappa shape index (κ3) is 1.83. The van der Waals surface area contributed by atoms with Gasteiger partial charge in [-0.3, -0.25) is 0 Å². The first-order valence-corrected chi connectivity index (χ1v) is 7.06. The Balaban J connectivity index is 2.23. The molecule has 4 nitrogen and oxygen atoms in total. The number of fused-ring (bicyclic) bond motifs is 1. The number of nitrogens with zero attached hydrogens (tertiary/aromatic N) is 2. The Hall–Kier alpha value is -1.97. The van der Waals surface area contributed by atoms with Crippen LogP contribution in [0.1, 0.15) is 0 Å². The zero-order valence-electron chi connectivity index (χ0n) is 9.24. The summed E-state index contributed by atoms with van der Waals surface area (Å²) in [5.74, 6) is 0. The predicted octanol–water partition coefficient (Wildman–Crippen LogP) is 2.87. The molecule has 0 spiro atoms. The molecule has 0 saturated carbocycles. The van der Waals surface area contributed by atoms with Crippen LogP contribution in [0, 0.1) is 10.1 Å². The number of para-hydroxylation sites is 2. The van der Waals surface area contributed by atoms with E-state index in [9.17, 15) is 10.1 Å². The zero-order valence-corrected chi connectivity index (χ0v) is 11.0. The molecule has 3 rings (SSSR count). The summed E-state index contributed by atoms with van der Waals surface area (Å²) < 4.78 is 2.01. The fraction of sp³-hybridized carbons (Fsp3) is 0. The van der Waals surface area contributed by atoms with Gasteiger partial charge in [-0.1, -0.05) is 0 Å². The van der Waals surface area contributed by atoms with E-state index in [1.165, 1.54) is 10.3 Å². The molecule has 0 fully saturated rings. The van der Waals surface area contributed by atoms with E-state index in [2.05, 4.69) is 4.98 Å². The maximum absolute atomic E-state index is 11.0. The number of aromatic nitrogens is 1. The summed E-state index contributed by atoms with van der Waals surface area (Å²) in [5.41, 5.74) is 1.70. The number of nitro benzene ring substituents is 1. The quantitative estimate of drug-likeness (QED) is 0.415.